The number of benzene rings is 2. The maximum absolute atomic E-state index is 13.4. The fourth-order valence-electron chi connectivity index (χ4n) is 5.05. The van der Waals surface area contributed by atoms with E-state index in [0.717, 1.165) is 46.8 Å². The quantitative estimate of drug-likeness (QED) is 0.532. The van der Waals surface area contributed by atoms with Crippen molar-refractivity contribution in [3.05, 3.63) is 65.5 Å². The number of nitrogens with one attached hydrogen (secondary N) is 1. The first-order chi connectivity index (χ1) is 17.3. The molecule has 0 radical (unpaired) electrons. The Hall–Kier alpha value is -2.82. The number of carbonyl (C=O) groups is 2. The van der Waals surface area contributed by atoms with Gasteiger partial charge in [-0.15, -0.1) is 0 Å². The van der Waals surface area contributed by atoms with Crippen molar-refractivity contribution in [1.82, 2.24) is 14.5 Å². The number of carbonyl (C=O) groups excluding carboxylic acids is 2. The maximum Gasteiger partial charge on any atom is 0.259 e. The third kappa shape index (κ3) is 5.93. The van der Waals surface area contributed by atoms with Gasteiger partial charge in [0, 0.05) is 32.6 Å². The van der Waals surface area contributed by atoms with E-state index in [2.05, 4.69) is 5.32 Å². The number of hydrogen-bond acceptors (Lipinski definition) is 5. The molecule has 1 saturated carbocycles. The molecule has 2 fully saturated rings. The van der Waals surface area contributed by atoms with Crippen LogP contribution in [-0.4, -0.2) is 48.7 Å². The van der Waals surface area contributed by atoms with Gasteiger partial charge in [0.1, 0.15) is 5.82 Å². The number of halogens is 1. The van der Waals surface area contributed by atoms with Crippen LogP contribution in [0.1, 0.15) is 49.7 Å². The summed E-state index contributed by atoms with van der Waals surface area (Å²) in [6.45, 7) is 0.620. The van der Waals surface area contributed by atoms with Crippen LogP contribution in [0.15, 0.2) is 53.4 Å². The highest BCUT2D eigenvalue weighted by Gasteiger charge is 2.46. The Morgan fingerprint density at radius 2 is 1.72 bits per heavy atom. The van der Waals surface area contributed by atoms with Gasteiger partial charge in [-0.05, 0) is 47.7 Å². The molecular weight excluding hydrogens is 483 g/mol. The highest BCUT2D eigenvalue weighted by atomic mass is 32.2. The van der Waals surface area contributed by atoms with Crippen LogP contribution in [0.2, 0.25) is 0 Å². The maximum atomic E-state index is 13.4. The van der Waals surface area contributed by atoms with Gasteiger partial charge in [-0.3, -0.25) is 9.59 Å². The predicted octanol–water partition coefficient (Wildman–Crippen LogP) is 2.73. The molecule has 1 heterocycles. The lowest BCUT2D eigenvalue weighted by Gasteiger charge is -2.29. The van der Waals surface area contributed by atoms with Gasteiger partial charge >= 0.3 is 0 Å². The van der Waals surface area contributed by atoms with Crippen molar-refractivity contribution in [2.24, 2.45) is 11.7 Å². The number of amides is 2. The average Bonchev–Trinajstić information content (AvgIpc) is 3.57. The van der Waals surface area contributed by atoms with E-state index in [1.165, 1.54) is 29.9 Å². The van der Waals surface area contributed by atoms with Crippen molar-refractivity contribution < 1.29 is 22.4 Å². The Labute approximate surface area is 211 Å². The fraction of sp³-hybridized carbons (Fsp3) is 0.462. The topological polar surface area (TPSA) is 113 Å². The molecule has 2 amide bonds. The third-order valence-electron chi connectivity index (χ3n) is 7.04. The Morgan fingerprint density at radius 3 is 2.42 bits per heavy atom. The van der Waals surface area contributed by atoms with Crippen LogP contribution in [0.5, 0.6) is 0 Å². The molecule has 2 aliphatic rings. The lowest BCUT2D eigenvalue weighted by Crippen LogP contribution is -2.53. The van der Waals surface area contributed by atoms with Gasteiger partial charge in [0.2, 0.25) is 15.9 Å². The number of nitrogens with two attached hydrogens (primary N) is 1. The fourth-order valence-corrected chi connectivity index (χ4v) is 6.60. The van der Waals surface area contributed by atoms with Gasteiger partial charge in [-0.1, -0.05) is 49.9 Å². The average molecular weight is 517 g/mol. The largest absolute Gasteiger partial charge is 0.349 e. The summed E-state index contributed by atoms with van der Waals surface area (Å²) in [4.78, 5) is 27.8. The van der Waals surface area contributed by atoms with Crippen LogP contribution in [0.3, 0.4) is 0 Å². The number of rotatable bonds is 9. The molecule has 0 aromatic heterocycles. The smallest absolute Gasteiger partial charge is 0.259 e. The van der Waals surface area contributed by atoms with Crippen molar-refractivity contribution in [1.29, 1.82) is 0 Å². The molecule has 0 spiro atoms. The minimum Gasteiger partial charge on any atom is -0.349 e. The van der Waals surface area contributed by atoms with E-state index in [4.69, 9.17) is 5.73 Å². The molecule has 2 aromatic carbocycles. The van der Waals surface area contributed by atoms with Crippen LogP contribution in [-0.2, 0) is 32.7 Å². The third-order valence-corrected chi connectivity index (χ3v) is 8.91. The van der Waals surface area contributed by atoms with Gasteiger partial charge in [0.25, 0.3) is 5.91 Å². The molecule has 2 aromatic rings. The van der Waals surface area contributed by atoms with E-state index in [-0.39, 0.29) is 36.9 Å². The molecule has 1 unspecified atom stereocenters. The molecule has 1 saturated heterocycles. The zero-order valence-corrected chi connectivity index (χ0v) is 21.1. The van der Waals surface area contributed by atoms with E-state index >= 15 is 0 Å². The zero-order chi connectivity index (χ0) is 25.7. The monoisotopic (exact) mass is 516 g/mol. The number of hydrogen-bond donors (Lipinski definition) is 2. The Morgan fingerprint density at radius 1 is 1.03 bits per heavy atom. The van der Waals surface area contributed by atoms with Gasteiger partial charge in [0.15, 0.2) is 6.17 Å². The van der Waals surface area contributed by atoms with Gasteiger partial charge in [-0.2, -0.15) is 4.31 Å². The van der Waals surface area contributed by atoms with Gasteiger partial charge in [0.05, 0.1) is 4.90 Å². The molecule has 0 bridgehead atoms. The van der Waals surface area contributed by atoms with Crippen molar-refractivity contribution in [2.45, 2.75) is 62.7 Å². The number of sulfonamides is 1. The Balaban J connectivity index is 1.54. The lowest BCUT2D eigenvalue weighted by atomic mass is 10.0. The molecule has 1 atom stereocenters. The molecule has 194 valence electrons. The molecule has 1 aliphatic heterocycles. The van der Waals surface area contributed by atoms with E-state index in [0.29, 0.717) is 12.5 Å². The molecule has 4 rings (SSSR count). The van der Waals surface area contributed by atoms with E-state index < -0.39 is 27.9 Å². The molecular formula is C26H33FN4O4S. The summed E-state index contributed by atoms with van der Waals surface area (Å²) >= 11 is 0. The normalized spacial score (nSPS) is 19.1. The van der Waals surface area contributed by atoms with Crippen molar-refractivity contribution in [3.63, 3.8) is 0 Å². The number of nitrogens with zero attached hydrogens (tertiary/aromatic N) is 2. The Kier molecular flexibility index (Phi) is 8.38. The van der Waals surface area contributed by atoms with Crippen LogP contribution in [0, 0.1) is 11.7 Å². The summed E-state index contributed by atoms with van der Waals surface area (Å²) in [7, 11) is -4.14. The van der Waals surface area contributed by atoms with Gasteiger partial charge in [-0.25, -0.2) is 12.8 Å². The van der Waals surface area contributed by atoms with Crippen LogP contribution in [0.25, 0.3) is 0 Å². The van der Waals surface area contributed by atoms with E-state index in [1.807, 2.05) is 24.3 Å². The second-order valence-electron chi connectivity index (χ2n) is 9.46. The molecule has 1 aliphatic carbocycles. The lowest BCUT2D eigenvalue weighted by molar-refractivity contribution is -0.140. The van der Waals surface area contributed by atoms with Crippen molar-refractivity contribution in [3.8, 4) is 0 Å². The minimum absolute atomic E-state index is 0.0182. The van der Waals surface area contributed by atoms with Crippen molar-refractivity contribution >= 4 is 21.8 Å². The molecule has 3 N–H and O–H groups in total. The zero-order valence-electron chi connectivity index (χ0n) is 20.2. The van der Waals surface area contributed by atoms with Gasteiger partial charge < -0.3 is 16.0 Å². The summed E-state index contributed by atoms with van der Waals surface area (Å²) in [6, 6.07) is 11.9. The van der Waals surface area contributed by atoms with Crippen LogP contribution >= 0.6 is 0 Å². The van der Waals surface area contributed by atoms with Crippen LogP contribution < -0.4 is 11.1 Å². The SMILES string of the molecule is NCc1cccc(CNC(=O)C2N(C(=O)CCC3CCCC3)CCN2S(=O)(=O)c2ccc(F)cc2)c1. The predicted molar refractivity (Wildman–Crippen MR) is 133 cm³/mol. The minimum atomic E-state index is -4.14. The Bertz CT molecular complexity index is 1180. The summed E-state index contributed by atoms with van der Waals surface area (Å²) in [5.74, 6) is -0.875. The summed E-state index contributed by atoms with van der Waals surface area (Å²) in [6.07, 6.45) is 4.24. The second kappa shape index (κ2) is 11.5. The first-order valence-corrected chi connectivity index (χ1v) is 13.9. The van der Waals surface area contributed by atoms with Crippen LogP contribution in [0.4, 0.5) is 4.39 Å². The standard InChI is InChI=1S/C26H33FN4O4S/c27-22-9-11-23(12-10-22)36(34,35)31-15-14-30(24(32)13-8-19-4-1-2-5-19)26(31)25(33)29-18-21-7-3-6-20(16-21)17-28/h3,6-7,9-12,16,19,26H,1-2,4-5,8,13-15,17-18,28H2,(H,29,33). The molecule has 8 nitrogen and oxygen atoms in total. The summed E-state index contributed by atoms with van der Waals surface area (Å²) in [5.41, 5.74) is 7.43. The highest BCUT2D eigenvalue weighted by Crippen LogP contribution is 2.30. The molecule has 10 heteroatoms. The second-order valence-corrected chi connectivity index (χ2v) is 11.4. The first kappa shape index (κ1) is 26.2. The first-order valence-electron chi connectivity index (χ1n) is 12.4. The highest BCUT2D eigenvalue weighted by molar-refractivity contribution is 7.89. The van der Waals surface area contributed by atoms with E-state index in [1.54, 1.807) is 0 Å². The van der Waals surface area contributed by atoms with E-state index in [9.17, 15) is 22.4 Å². The summed E-state index contributed by atoms with van der Waals surface area (Å²) in [5, 5.41) is 2.80. The van der Waals surface area contributed by atoms with Crippen molar-refractivity contribution in [2.75, 3.05) is 13.1 Å². The molecule has 36 heavy (non-hydrogen) atoms. The summed E-state index contributed by atoms with van der Waals surface area (Å²) < 4.78 is 41.3.